The van der Waals surface area contributed by atoms with E-state index in [1.54, 1.807) is 6.07 Å². The summed E-state index contributed by atoms with van der Waals surface area (Å²) in [6, 6.07) is 4.39. The van der Waals surface area contributed by atoms with E-state index in [4.69, 9.17) is 0 Å². The number of aliphatic carboxylic acids is 1. The van der Waals surface area contributed by atoms with Crippen LogP contribution in [0.15, 0.2) is 23.1 Å². The number of carbonyl (C=O) groups excluding carboxylic acids is 1. The van der Waals surface area contributed by atoms with Gasteiger partial charge in [-0.05, 0) is 25.0 Å². The van der Waals surface area contributed by atoms with Crippen molar-refractivity contribution in [2.24, 2.45) is 5.41 Å². The van der Waals surface area contributed by atoms with Crippen LogP contribution in [0.5, 0.6) is 0 Å². The van der Waals surface area contributed by atoms with E-state index in [2.05, 4.69) is 8.75 Å². The molecule has 3 rings (SSSR count). The summed E-state index contributed by atoms with van der Waals surface area (Å²) in [7, 11) is -4.21. The molecule has 1 aromatic carbocycles. The summed E-state index contributed by atoms with van der Waals surface area (Å²) in [4.78, 5) is 23.2. The molecule has 2 aromatic rings. The van der Waals surface area contributed by atoms with Gasteiger partial charge in [-0.2, -0.15) is 8.75 Å². The number of amides is 1. The zero-order valence-corrected chi connectivity index (χ0v) is 12.8. The molecule has 0 unspecified atom stereocenters. The first kappa shape index (κ1) is 14.9. The van der Waals surface area contributed by atoms with Gasteiger partial charge in [0.15, 0.2) is 0 Å². The molecular weight excluding hydrogens is 330 g/mol. The minimum absolute atomic E-state index is 0.131. The van der Waals surface area contributed by atoms with Crippen LogP contribution in [-0.2, 0) is 19.6 Å². The zero-order valence-electron chi connectivity index (χ0n) is 11.1. The molecule has 8 nitrogen and oxygen atoms in total. The minimum Gasteiger partial charge on any atom is -0.480 e. The van der Waals surface area contributed by atoms with Crippen molar-refractivity contribution in [1.82, 2.24) is 13.5 Å². The zero-order chi connectivity index (χ0) is 16.0. The smallest absolute Gasteiger partial charge is 0.319 e. The number of rotatable bonds is 4. The van der Waals surface area contributed by atoms with Crippen LogP contribution in [0.3, 0.4) is 0 Å². The number of carboxylic acids is 1. The van der Waals surface area contributed by atoms with E-state index in [9.17, 15) is 23.1 Å². The molecule has 1 aromatic heterocycles. The van der Waals surface area contributed by atoms with Crippen molar-refractivity contribution < 1.29 is 23.1 Å². The highest BCUT2D eigenvalue weighted by Crippen LogP contribution is 2.41. The molecule has 0 aliphatic heterocycles. The molecule has 1 aliphatic rings. The molecule has 1 saturated carbocycles. The van der Waals surface area contributed by atoms with Crippen LogP contribution < -0.4 is 4.72 Å². The Balaban J connectivity index is 1.96. The lowest BCUT2D eigenvalue weighted by Crippen LogP contribution is -2.52. The average molecular weight is 341 g/mol. The second-order valence-electron chi connectivity index (χ2n) is 5.06. The summed E-state index contributed by atoms with van der Waals surface area (Å²) in [6.07, 6.45) is 0.837. The third kappa shape index (κ3) is 2.15. The summed E-state index contributed by atoms with van der Waals surface area (Å²) in [5.41, 5.74) is -1.09. The van der Waals surface area contributed by atoms with Crippen molar-refractivity contribution in [2.75, 3.05) is 0 Å². The highest BCUT2D eigenvalue weighted by molar-refractivity contribution is 7.90. The summed E-state index contributed by atoms with van der Waals surface area (Å²) in [6.45, 7) is 0. The predicted octanol–water partition coefficient (Wildman–Crippen LogP) is 0.751. The fourth-order valence-corrected chi connectivity index (χ4v) is 4.16. The summed E-state index contributed by atoms with van der Waals surface area (Å²) < 4.78 is 34.5. The van der Waals surface area contributed by atoms with Crippen LogP contribution in [0.4, 0.5) is 0 Å². The van der Waals surface area contributed by atoms with Gasteiger partial charge >= 0.3 is 5.97 Å². The second-order valence-corrected chi connectivity index (χ2v) is 7.24. The number of carboxylic acid groups (broad SMARTS) is 1. The number of carbonyl (C=O) groups is 2. The van der Waals surface area contributed by atoms with E-state index in [-0.39, 0.29) is 23.3 Å². The third-order valence-corrected chi connectivity index (χ3v) is 5.72. The van der Waals surface area contributed by atoms with E-state index in [1.807, 2.05) is 4.72 Å². The molecule has 1 fully saturated rings. The fraction of sp³-hybridized carbons (Fsp3) is 0.333. The molecule has 0 atom stereocenters. The standard InChI is InChI=1S/C12H11N3O5S2/c16-10(12(11(17)18)5-2-6-12)15-22(19,20)8-4-1-3-7-9(8)14-21-13-7/h1,3-4H,2,5-6H2,(H,15,16)(H,17,18). The van der Waals surface area contributed by atoms with Crippen molar-refractivity contribution in [3.8, 4) is 0 Å². The molecule has 0 radical (unpaired) electrons. The average Bonchev–Trinajstić information content (AvgIpc) is 2.83. The van der Waals surface area contributed by atoms with Gasteiger partial charge in [0, 0.05) is 0 Å². The van der Waals surface area contributed by atoms with Crippen molar-refractivity contribution in [2.45, 2.75) is 24.2 Å². The molecule has 0 bridgehead atoms. The molecule has 1 amide bonds. The number of benzene rings is 1. The van der Waals surface area contributed by atoms with Gasteiger partial charge in [0.05, 0.1) is 11.7 Å². The van der Waals surface area contributed by atoms with E-state index < -0.39 is 27.3 Å². The first-order valence-electron chi connectivity index (χ1n) is 6.39. The lowest BCUT2D eigenvalue weighted by molar-refractivity contribution is -0.161. The first-order valence-corrected chi connectivity index (χ1v) is 8.60. The second kappa shape index (κ2) is 4.99. The largest absolute Gasteiger partial charge is 0.480 e. The van der Waals surface area contributed by atoms with Gasteiger partial charge in [0.1, 0.15) is 21.3 Å². The van der Waals surface area contributed by atoms with Gasteiger partial charge in [0.2, 0.25) is 0 Å². The van der Waals surface area contributed by atoms with Crippen LogP contribution in [-0.4, -0.2) is 34.1 Å². The van der Waals surface area contributed by atoms with Crippen molar-refractivity contribution >= 4 is 44.7 Å². The molecular formula is C12H11N3O5S2. The maximum Gasteiger partial charge on any atom is 0.319 e. The van der Waals surface area contributed by atoms with E-state index in [0.717, 1.165) is 11.7 Å². The Kier molecular flexibility index (Phi) is 3.37. The van der Waals surface area contributed by atoms with Crippen LogP contribution in [0.1, 0.15) is 19.3 Å². The highest BCUT2D eigenvalue weighted by Gasteiger charge is 2.52. The monoisotopic (exact) mass is 341 g/mol. The molecule has 0 spiro atoms. The van der Waals surface area contributed by atoms with E-state index in [0.29, 0.717) is 11.9 Å². The first-order chi connectivity index (χ1) is 10.4. The molecule has 1 heterocycles. The van der Waals surface area contributed by atoms with Gasteiger partial charge in [-0.25, -0.2) is 13.1 Å². The Morgan fingerprint density at radius 1 is 1.27 bits per heavy atom. The Labute approximate surface area is 129 Å². The lowest BCUT2D eigenvalue weighted by atomic mass is 9.68. The Hall–Kier alpha value is -2.07. The van der Waals surface area contributed by atoms with Crippen LogP contribution in [0.25, 0.3) is 11.0 Å². The van der Waals surface area contributed by atoms with E-state index >= 15 is 0 Å². The fourth-order valence-electron chi connectivity index (χ4n) is 2.34. The number of nitrogens with zero attached hydrogens (tertiary/aromatic N) is 2. The Morgan fingerprint density at radius 2 is 2.00 bits per heavy atom. The van der Waals surface area contributed by atoms with Gasteiger partial charge in [-0.3, -0.25) is 9.59 Å². The SMILES string of the molecule is O=C(O)C1(C(=O)NS(=O)(=O)c2cccc3nsnc23)CCC1. The van der Waals surface area contributed by atoms with Crippen LogP contribution in [0.2, 0.25) is 0 Å². The maximum absolute atomic E-state index is 12.4. The van der Waals surface area contributed by atoms with E-state index in [1.165, 1.54) is 12.1 Å². The molecule has 2 N–H and O–H groups in total. The summed E-state index contributed by atoms with van der Waals surface area (Å²) >= 11 is 0.857. The normalized spacial score (nSPS) is 16.9. The summed E-state index contributed by atoms with van der Waals surface area (Å²) in [5, 5.41) is 9.18. The molecule has 0 saturated heterocycles. The van der Waals surface area contributed by atoms with Crippen molar-refractivity contribution in [3.63, 3.8) is 0 Å². The van der Waals surface area contributed by atoms with Crippen LogP contribution in [0, 0.1) is 5.41 Å². The number of sulfonamides is 1. The molecule has 22 heavy (non-hydrogen) atoms. The lowest BCUT2D eigenvalue weighted by Gasteiger charge is -2.35. The topological polar surface area (TPSA) is 126 Å². The number of hydrogen-bond donors (Lipinski definition) is 2. The Morgan fingerprint density at radius 3 is 2.59 bits per heavy atom. The third-order valence-electron chi connectivity index (χ3n) is 3.82. The number of nitrogens with one attached hydrogen (secondary N) is 1. The highest BCUT2D eigenvalue weighted by atomic mass is 32.2. The molecule has 116 valence electrons. The quantitative estimate of drug-likeness (QED) is 0.786. The Bertz CT molecular complexity index is 870. The van der Waals surface area contributed by atoms with Crippen molar-refractivity contribution in [1.29, 1.82) is 0 Å². The number of aromatic nitrogens is 2. The minimum atomic E-state index is -4.21. The number of fused-ring (bicyclic) bond motifs is 1. The van der Waals surface area contributed by atoms with Gasteiger partial charge in [-0.1, -0.05) is 12.5 Å². The van der Waals surface area contributed by atoms with Crippen LogP contribution >= 0.6 is 11.7 Å². The van der Waals surface area contributed by atoms with Gasteiger partial charge < -0.3 is 5.11 Å². The summed E-state index contributed by atoms with van der Waals surface area (Å²) in [5.74, 6) is -2.31. The number of hydrogen-bond acceptors (Lipinski definition) is 7. The molecule has 1 aliphatic carbocycles. The predicted molar refractivity (Wildman–Crippen MR) is 76.7 cm³/mol. The molecule has 10 heteroatoms. The van der Waals surface area contributed by atoms with Crippen molar-refractivity contribution in [3.05, 3.63) is 18.2 Å². The van der Waals surface area contributed by atoms with Gasteiger partial charge in [0.25, 0.3) is 15.9 Å². The maximum atomic E-state index is 12.4. The van der Waals surface area contributed by atoms with Gasteiger partial charge in [-0.15, -0.1) is 0 Å².